The molecule has 12 heterocycles. The van der Waals surface area contributed by atoms with E-state index in [0.717, 1.165) is 124 Å². The molecule has 8 aromatic heterocycles. The van der Waals surface area contributed by atoms with Crippen LogP contribution >= 0.6 is 0 Å². The van der Waals surface area contributed by atoms with Crippen LogP contribution < -0.4 is 49.7 Å². The number of hydrogen-bond donors (Lipinski definition) is 2. The number of ether oxygens (including phenoxy) is 4. The van der Waals surface area contributed by atoms with Crippen LogP contribution in [-0.4, -0.2) is 169 Å². The lowest BCUT2D eigenvalue weighted by atomic mass is 10.2. The Labute approximate surface area is 427 Å². The number of nitrogens with one attached hydrogen (secondary N) is 2. The number of aromatic nitrogens is 10. The standard InChI is InChI=1S/C52H56N18O4/c1-71-41-33-55-31-39-47(41)51(67-15-11-53-12-16-67)63-49(61-39)35-7-9-57-45(27-35)69(37-3-5-43(59-29-37)65-19-23-73-24-20-65)70(38-4-6-44(60-30-38)66-21-25-74-26-22-66)46-28-36(8-10-58-46)50-62-40-32-56-34-42(72-2)48(40)52(64-50)68-17-13-54-14-18-68/h3-10,27-34,53-54H,11-26H2,1-2H3. The Bertz CT molecular complexity index is 3020. The summed E-state index contributed by atoms with van der Waals surface area (Å²) < 4.78 is 23.1. The number of anilines is 8. The zero-order valence-corrected chi connectivity index (χ0v) is 41.3. The minimum atomic E-state index is 0.508. The van der Waals surface area contributed by atoms with Crippen LogP contribution in [0, 0.1) is 0 Å². The topological polar surface area (TPSA) is 209 Å². The summed E-state index contributed by atoms with van der Waals surface area (Å²) in [5.41, 5.74) is 4.20. The molecule has 4 saturated heterocycles. The predicted octanol–water partition coefficient (Wildman–Crippen LogP) is 4.68. The lowest BCUT2D eigenvalue weighted by molar-refractivity contribution is 0.122. The second-order valence-corrected chi connectivity index (χ2v) is 18.1. The normalized spacial score (nSPS) is 16.4. The van der Waals surface area contributed by atoms with Gasteiger partial charge in [-0.25, -0.2) is 49.9 Å². The molecule has 0 bridgehead atoms. The summed E-state index contributed by atoms with van der Waals surface area (Å²) in [6.07, 6.45) is 14.2. The van der Waals surface area contributed by atoms with Crippen molar-refractivity contribution in [3.05, 3.63) is 98.1 Å². The van der Waals surface area contributed by atoms with Gasteiger partial charge in [-0.1, -0.05) is 0 Å². The zero-order chi connectivity index (χ0) is 49.8. The van der Waals surface area contributed by atoms with E-state index in [4.69, 9.17) is 58.8 Å². The smallest absolute Gasteiger partial charge is 0.162 e. The van der Waals surface area contributed by atoms with Crippen LogP contribution in [0.25, 0.3) is 44.6 Å². The fourth-order valence-corrected chi connectivity index (χ4v) is 9.86. The first-order chi connectivity index (χ1) is 36.6. The lowest BCUT2D eigenvalue weighted by Crippen LogP contribution is -2.44. The van der Waals surface area contributed by atoms with Crippen molar-refractivity contribution in [2.75, 3.05) is 149 Å². The number of hydrogen-bond acceptors (Lipinski definition) is 22. The quantitative estimate of drug-likeness (QED) is 0.150. The van der Waals surface area contributed by atoms with Crippen LogP contribution in [-0.2, 0) is 9.47 Å². The van der Waals surface area contributed by atoms with Gasteiger partial charge in [-0.05, 0) is 48.5 Å². The van der Waals surface area contributed by atoms with Gasteiger partial charge in [0, 0.05) is 102 Å². The summed E-state index contributed by atoms with van der Waals surface area (Å²) in [6.45, 7) is 11.9. The Hall–Kier alpha value is -8.18. The van der Waals surface area contributed by atoms with E-state index in [9.17, 15) is 0 Å². The van der Waals surface area contributed by atoms with Gasteiger partial charge < -0.3 is 49.2 Å². The summed E-state index contributed by atoms with van der Waals surface area (Å²) in [5, 5.41) is 12.6. The highest BCUT2D eigenvalue weighted by molar-refractivity contribution is 5.97. The molecule has 2 N–H and O–H groups in total. The summed E-state index contributed by atoms with van der Waals surface area (Å²) in [4.78, 5) is 59.2. The summed E-state index contributed by atoms with van der Waals surface area (Å²) in [6, 6.07) is 16.0. The average molecular weight is 997 g/mol. The molecule has 74 heavy (non-hydrogen) atoms. The Kier molecular flexibility index (Phi) is 13.4. The molecule has 0 spiro atoms. The zero-order valence-electron chi connectivity index (χ0n) is 41.3. The Morgan fingerprint density at radius 2 is 0.905 bits per heavy atom. The molecule has 0 amide bonds. The van der Waals surface area contributed by atoms with E-state index in [2.05, 4.69) is 52.3 Å². The first-order valence-electron chi connectivity index (χ1n) is 25.0. The molecule has 0 aromatic carbocycles. The molecule has 0 radical (unpaired) electrons. The maximum absolute atomic E-state index is 5.84. The van der Waals surface area contributed by atoms with E-state index in [-0.39, 0.29) is 0 Å². The van der Waals surface area contributed by atoms with Crippen molar-refractivity contribution in [2.24, 2.45) is 0 Å². The molecule has 22 heteroatoms. The van der Waals surface area contributed by atoms with Crippen molar-refractivity contribution in [3.8, 4) is 34.3 Å². The molecule has 0 aliphatic carbocycles. The highest BCUT2D eigenvalue weighted by Gasteiger charge is 2.29. The summed E-state index contributed by atoms with van der Waals surface area (Å²) >= 11 is 0. The molecule has 22 nitrogen and oxygen atoms in total. The molecule has 378 valence electrons. The Morgan fingerprint density at radius 1 is 0.473 bits per heavy atom. The van der Waals surface area contributed by atoms with E-state index >= 15 is 0 Å². The van der Waals surface area contributed by atoms with Crippen LogP contribution in [0.1, 0.15) is 0 Å². The van der Waals surface area contributed by atoms with E-state index in [1.807, 2.05) is 58.8 Å². The van der Waals surface area contributed by atoms with Crippen LogP contribution in [0.4, 0.5) is 46.3 Å². The predicted molar refractivity (Wildman–Crippen MR) is 283 cm³/mol. The van der Waals surface area contributed by atoms with Crippen molar-refractivity contribution in [1.29, 1.82) is 0 Å². The van der Waals surface area contributed by atoms with Gasteiger partial charge in [0.1, 0.15) is 34.8 Å². The van der Waals surface area contributed by atoms with Crippen molar-refractivity contribution in [1.82, 2.24) is 60.5 Å². The Morgan fingerprint density at radius 3 is 1.30 bits per heavy atom. The SMILES string of the molecule is COc1cncc2nc(-c3ccnc(N(c4ccc(N5CCOCC5)nc4)N(c4ccc(N5CCOCC5)nc4)c4cc(-c5nc(N6CCNCC6)c6c(OC)cncc6n5)ccn4)c3)nc(N3CCNCC3)c12. The fraction of sp³-hybridized carbons (Fsp3) is 0.346. The third-order valence-corrected chi connectivity index (χ3v) is 13.6. The molecule has 12 rings (SSSR count). The van der Waals surface area contributed by atoms with Crippen molar-refractivity contribution in [3.63, 3.8) is 0 Å². The molecule has 4 aliphatic rings. The van der Waals surface area contributed by atoms with Gasteiger partial charge in [0.05, 0.1) is 111 Å². The average Bonchev–Trinajstić information content (AvgIpc) is 3.48. The molecule has 4 fully saturated rings. The number of hydrazine groups is 1. The van der Waals surface area contributed by atoms with Gasteiger partial charge in [0.2, 0.25) is 0 Å². The molecule has 4 aliphatic heterocycles. The van der Waals surface area contributed by atoms with Crippen LogP contribution in [0.15, 0.2) is 98.1 Å². The van der Waals surface area contributed by atoms with Crippen molar-refractivity contribution in [2.45, 2.75) is 0 Å². The highest BCUT2D eigenvalue weighted by Crippen LogP contribution is 2.40. The Balaban J connectivity index is 1.03. The maximum Gasteiger partial charge on any atom is 0.162 e. The van der Waals surface area contributed by atoms with Crippen molar-refractivity contribution >= 4 is 68.1 Å². The first kappa shape index (κ1) is 46.9. The molecule has 0 unspecified atom stereocenters. The number of methoxy groups -OCH3 is 2. The summed E-state index contributed by atoms with van der Waals surface area (Å²) in [5.74, 6) is 6.55. The monoisotopic (exact) mass is 996 g/mol. The number of nitrogens with zero attached hydrogens (tertiary/aromatic N) is 16. The lowest BCUT2D eigenvalue weighted by Gasteiger charge is -2.37. The second-order valence-electron chi connectivity index (χ2n) is 18.1. The molecular weight excluding hydrogens is 941 g/mol. The number of rotatable bonds is 13. The third kappa shape index (κ3) is 9.38. The second kappa shape index (κ2) is 21.1. The number of fused-ring (bicyclic) bond motifs is 2. The highest BCUT2D eigenvalue weighted by atomic mass is 16.5. The number of pyridine rings is 6. The van der Waals surface area contributed by atoms with Gasteiger partial charge in [-0.3, -0.25) is 9.97 Å². The molecule has 0 saturated carbocycles. The fourth-order valence-electron chi connectivity index (χ4n) is 9.86. The molecule has 0 atom stereocenters. The van der Waals surface area contributed by atoms with E-state index < -0.39 is 0 Å². The maximum atomic E-state index is 5.84. The largest absolute Gasteiger partial charge is 0.494 e. The molecular formula is C52H56N18O4. The van der Waals surface area contributed by atoms with Gasteiger partial charge in [-0.2, -0.15) is 0 Å². The van der Waals surface area contributed by atoms with Gasteiger partial charge in [-0.15, -0.1) is 0 Å². The minimum Gasteiger partial charge on any atom is -0.494 e. The van der Waals surface area contributed by atoms with Crippen LogP contribution in [0.3, 0.4) is 0 Å². The van der Waals surface area contributed by atoms with Crippen molar-refractivity contribution < 1.29 is 18.9 Å². The van der Waals surface area contributed by atoms with Crippen LogP contribution in [0.5, 0.6) is 11.5 Å². The minimum absolute atomic E-state index is 0.508. The number of morpholine rings is 2. The third-order valence-electron chi connectivity index (χ3n) is 13.6. The molecule has 8 aromatic rings. The van der Waals surface area contributed by atoms with E-state index in [0.29, 0.717) is 83.6 Å². The number of piperazine rings is 2. The van der Waals surface area contributed by atoms with Gasteiger partial charge in [0.15, 0.2) is 23.3 Å². The van der Waals surface area contributed by atoms with Gasteiger partial charge >= 0.3 is 0 Å². The van der Waals surface area contributed by atoms with Gasteiger partial charge in [0.25, 0.3) is 0 Å². The van der Waals surface area contributed by atoms with Crippen LogP contribution in [0.2, 0.25) is 0 Å². The van der Waals surface area contributed by atoms with E-state index in [1.54, 1.807) is 51.4 Å². The summed E-state index contributed by atoms with van der Waals surface area (Å²) in [7, 11) is 3.29. The first-order valence-corrected chi connectivity index (χ1v) is 25.0. The van der Waals surface area contributed by atoms with E-state index in [1.165, 1.54) is 0 Å².